The van der Waals surface area contributed by atoms with Crippen LogP contribution in [0, 0.1) is 0 Å². The summed E-state index contributed by atoms with van der Waals surface area (Å²) in [6.45, 7) is 4.11. The van der Waals surface area contributed by atoms with Crippen LogP contribution in [0.1, 0.15) is 149 Å². The highest BCUT2D eigenvalue weighted by Gasteiger charge is 2.27. The van der Waals surface area contributed by atoms with Gasteiger partial charge in [0.25, 0.3) is 0 Å². The van der Waals surface area contributed by atoms with E-state index in [1.165, 1.54) is 19.3 Å². The number of hydrogen-bond donors (Lipinski definition) is 1. The number of hydrogen-bond acceptors (Lipinski definition) is 8. The predicted molar refractivity (Wildman–Crippen MR) is 234 cm³/mol. The van der Waals surface area contributed by atoms with E-state index >= 15 is 0 Å². The molecule has 0 aromatic rings. The van der Waals surface area contributed by atoms with Crippen molar-refractivity contribution in [3.63, 3.8) is 0 Å². The monoisotopic (exact) mass is 821 g/mol. The van der Waals surface area contributed by atoms with E-state index in [0.29, 0.717) is 36.7 Å². The highest BCUT2D eigenvalue weighted by molar-refractivity contribution is 7.47. The molecule has 0 aliphatic carbocycles. The first kappa shape index (κ1) is 54.1. The summed E-state index contributed by atoms with van der Waals surface area (Å²) in [7, 11) is 1.39. The number of quaternary nitrogens is 1. The van der Waals surface area contributed by atoms with Crippen LogP contribution in [0.4, 0.5) is 0 Å². The summed E-state index contributed by atoms with van der Waals surface area (Å²) in [6.07, 6.45) is 42.2. The second-order valence-corrected chi connectivity index (χ2v) is 16.9. The lowest BCUT2D eigenvalue weighted by Crippen LogP contribution is -2.37. The largest absolute Gasteiger partial charge is 0.472 e. The molecule has 0 aliphatic heterocycles. The van der Waals surface area contributed by atoms with Crippen LogP contribution in [0.25, 0.3) is 0 Å². The molecule has 57 heavy (non-hydrogen) atoms. The van der Waals surface area contributed by atoms with Gasteiger partial charge in [0.2, 0.25) is 0 Å². The number of likely N-dealkylation sites (N-methyl/N-ethyl adjacent to an activating group) is 1. The van der Waals surface area contributed by atoms with Crippen molar-refractivity contribution in [1.29, 1.82) is 0 Å². The SMILES string of the molecule is CCCCC/C=C\C/C=C\CCCCCCCC(=O)O[C@H](COC(=O)CCC/C=C\C/C=C\C/C=C\C=C\C(=O)CCCCC)COP(=O)(O)OCC[N+](C)(C)C. The molecule has 0 saturated carbocycles. The Hall–Kier alpha value is -2.88. The van der Waals surface area contributed by atoms with Gasteiger partial charge >= 0.3 is 19.8 Å². The van der Waals surface area contributed by atoms with Crippen molar-refractivity contribution >= 4 is 25.5 Å². The van der Waals surface area contributed by atoms with Gasteiger partial charge in [0, 0.05) is 19.3 Å². The molecule has 0 saturated heterocycles. The molecule has 0 aromatic carbocycles. The smallest absolute Gasteiger partial charge is 0.462 e. The third-order valence-electron chi connectivity index (χ3n) is 8.69. The molecule has 0 aromatic heterocycles. The molecule has 0 fully saturated rings. The Balaban J connectivity index is 4.55. The lowest BCUT2D eigenvalue weighted by Gasteiger charge is -2.24. The molecular weight excluding hydrogens is 741 g/mol. The van der Waals surface area contributed by atoms with Gasteiger partial charge in [-0.25, -0.2) is 4.57 Å². The molecule has 0 spiro atoms. The number of allylic oxidation sites excluding steroid dienone is 12. The maximum Gasteiger partial charge on any atom is 0.472 e. The van der Waals surface area contributed by atoms with Gasteiger partial charge in [-0.15, -0.1) is 0 Å². The fourth-order valence-electron chi connectivity index (χ4n) is 5.22. The second-order valence-electron chi connectivity index (χ2n) is 15.4. The number of rotatable bonds is 38. The summed E-state index contributed by atoms with van der Waals surface area (Å²) < 4.78 is 34.1. The minimum Gasteiger partial charge on any atom is -0.462 e. The number of carbonyl (C=O) groups is 3. The van der Waals surface area contributed by atoms with Crippen LogP contribution in [0.5, 0.6) is 0 Å². The van der Waals surface area contributed by atoms with E-state index in [1.54, 1.807) is 12.2 Å². The molecule has 0 heterocycles. The minimum absolute atomic E-state index is 0.00680. The summed E-state index contributed by atoms with van der Waals surface area (Å²) in [4.78, 5) is 47.0. The first-order chi connectivity index (χ1) is 27.4. The first-order valence-corrected chi connectivity index (χ1v) is 23.1. The zero-order chi connectivity index (χ0) is 42.3. The lowest BCUT2D eigenvalue weighted by atomic mass is 10.1. The molecule has 1 unspecified atom stereocenters. The van der Waals surface area contributed by atoms with Crippen molar-refractivity contribution in [3.8, 4) is 0 Å². The summed E-state index contributed by atoms with van der Waals surface area (Å²) in [5.41, 5.74) is 0. The van der Waals surface area contributed by atoms with Crippen LogP contribution in [0.3, 0.4) is 0 Å². The Morgan fingerprint density at radius 2 is 1.12 bits per heavy atom. The highest BCUT2D eigenvalue weighted by atomic mass is 31.2. The topological polar surface area (TPSA) is 125 Å². The predicted octanol–water partition coefficient (Wildman–Crippen LogP) is 11.4. The van der Waals surface area contributed by atoms with Crippen LogP contribution in [-0.4, -0.2) is 80.7 Å². The lowest BCUT2D eigenvalue weighted by molar-refractivity contribution is -0.870. The quantitative estimate of drug-likeness (QED) is 0.0123. The van der Waals surface area contributed by atoms with Gasteiger partial charge < -0.3 is 18.9 Å². The maximum atomic E-state index is 12.7. The molecule has 1 N–H and O–H groups in total. The Kier molecular flexibility index (Phi) is 35.5. The van der Waals surface area contributed by atoms with E-state index in [9.17, 15) is 23.8 Å². The van der Waals surface area contributed by atoms with Crippen LogP contribution in [-0.2, 0) is 37.5 Å². The van der Waals surface area contributed by atoms with Crippen molar-refractivity contribution in [1.82, 2.24) is 0 Å². The van der Waals surface area contributed by atoms with Gasteiger partial charge in [-0.05, 0) is 76.7 Å². The van der Waals surface area contributed by atoms with Crippen molar-refractivity contribution in [2.75, 3.05) is 47.5 Å². The molecule has 0 aliphatic rings. The number of phosphoric ester groups is 1. The number of ketones is 1. The van der Waals surface area contributed by atoms with Crippen LogP contribution in [0.2, 0.25) is 0 Å². The van der Waals surface area contributed by atoms with Crippen LogP contribution >= 0.6 is 7.82 Å². The molecule has 326 valence electrons. The van der Waals surface area contributed by atoms with Gasteiger partial charge in [0.1, 0.15) is 19.8 Å². The Morgan fingerprint density at radius 1 is 0.596 bits per heavy atom. The highest BCUT2D eigenvalue weighted by Crippen LogP contribution is 2.43. The van der Waals surface area contributed by atoms with Gasteiger partial charge in [0.15, 0.2) is 11.9 Å². The van der Waals surface area contributed by atoms with E-state index in [2.05, 4.69) is 50.3 Å². The number of nitrogens with zero attached hydrogens (tertiary/aromatic N) is 1. The Labute approximate surface area is 346 Å². The van der Waals surface area contributed by atoms with Crippen LogP contribution in [0.15, 0.2) is 72.9 Å². The summed E-state index contributed by atoms with van der Waals surface area (Å²) in [5, 5.41) is 0. The van der Waals surface area contributed by atoms with Gasteiger partial charge in [-0.1, -0.05) is 126 Å². The van der Waals surface area contributed by atoms with Gasteiger partial charge in [-0.2, -0.15) is 0 Å². The molecule has 0 bridgehead atoms. The maximum absolute atomic E-state index is 12.7. The van der Waals surface area contributed by atoms with E-state index in [4.69, 9.17) is 18.5 Å². The van der Waals surface area contributed by atoms with E-state index in [-0.39, 0.29) is 31.8 Å². The Morgan fingerprint density at radius 3 is 1.77 bits per heavy atom. The average Bonchev–Trinajstić information content (AvgIpc) is 3.15. The van der Waals surface area contributed by atoms with Crippen molar-refractivity contribution in [2.24, 2.45) is 0 Å². The minimum atomic E-state index is -4.41. The average molecular weight is 821 g/mol. The van der Waals surface area contributed by atoms with Crippen molar-refractivity contribution in [2.45, 2.75) is 155 Å². The zero-order valence-corrected chi connectivity index (χ0v) is 37.2. The molecule has 0 amide bonds. The summed E-state index contributed by atoms with van der Waals surface area (Å²) in [5.74, 6) is -0.753. The third kappa shape index (κ3) is 41.1. The van der Waals surface area contributed by atoms with E-state index < -0.39 is 32.5 Å². The van der Waals surface area contributed by atoms with E-state index in [1.807, 2.05) is 45.4 Å². The number of ether oxygens (including phenoxy) is 2. The summed E-state index contributed by atoms with van der Waals surface area (Å²) >= 11 is 0. The molecular formula is C46H79NO9P+. The van der Waals surface area contributed by atoms with Crippen molar-refractivity contribution in [3.05, 3.63) is 72.9 Å². The molecule has 0 rings (SSSR count). The summed E-state index contributed by atoms with van der Waals surface area (Å²) in [6, 6.07) is 0. The Bertz CT molecular complexity index is 1260. The normalized spacial score (nSPS) is 14.2. The fraction of sp³-hybridized carbons (Fsp3) is 0.674. The van der Waals surface area contributed by atoms with Gasteiger partial charge in [-0.3, -0.25) is 23.4 Å². The molecule has 11 heteroatoms. The number of phosphoric acid groups is 1. The van der Waals surface area contributed by atoms with Crippen molar-refractivity contribution < 1.29 is 46.8 Å². The zero-order valence-electron chi connectivity index (χ0n) is 36.3. The number of unbranched alkanes of at least 4 members (excludes halogenated alkanes) is 11. The fourth-order valence-corrected chi connectivity index (χ4v) is 5.97. The molecule has 10 nitrogen and oxygen atoms in total. The number of carbonyl (C=O) groups excluding carboxylic acids is 3. The standard InChI is InChI=1S/C46H78NO9P/c1-6-8-10-11-12-13-14-15-16-17-20-24-27-30-34-38-46(50)56-44(42-55-57(51,52)54-40-39-47(3,4)5)41-53-45(49)37-33-29-26-23-21-18-19-22-25-28-32-36-43(48)35-31-9-7-2/h12-13,15-16,18-19,23,25-26,28,32,36,44H,6-11,14,17,20-22,24,27,29-31,33-35,37-42H2,1-5H3/p+1/b13-12-,16-15-,19-18-,26-23-,28-25-,36-32+/t44-/m1/s1. The molecule has 0 radical (unpaired) electrons. The van der Waals surface area contributed by atoms with E-state index in [0.717, 1.165) is 77.0 Å². The second kappa shape index (κ2) is 37.4. The molecule has 2 atom stereocenters. The first-order valence-electron chi connectivity index (χ1n) is 21.6. The van der Waals surface area contributed by atoms with Crippen LogP contribution < -0.4 is 0 Å². The number of esters is 2. The third-order valence-corrected chi connectivity index (χ3v) is 9.67. The van der Waals surface area contributed by atoms with Gasteiger partial charge in [0.05, 0.1) is 27.7 Å².